The van der Waals surface area contributed by atoms with Crippen LogP contribution in [0.2, 0.25) is 5.15 Å². The predicted octanol–water partition coefficient (Wildman–Crippen LogP) is 2.95. The SMILES string of the molecule is CN(c1cc(Cl)nc(C2CC2)n1)[C@@H]1CCSC1. The molecule has 3 rings (SSSR count). The number of thioether (sulfide) groups is 1. The van der Waals surface area contributed by atoms with Crippen LogP contribution in [0.25, 0.3) is 0 Å². The van der Waals surface area contributed by atoms with Gasteiger partial charge in [0.15, 0.2) is 0 Å². The molecule has 1 aliphatic heterocycles. The zero-order valence-corrected chi connectivity index (χ0v) is 11.5. The fourth-order valence-corrected chi connectivity index (χ4v) is 3.59. The van der Waals surface area contributed by atoms with Gasteiger partial charge in [-0.15, -0.1) is 0 Å². The minimum Gasteiger partial charge on any atom is -0.356 e. The van der Waals surface area contributed by atoms with Crippen molar-refractivity contribution in [2.45, 2.75) is 31.2 Å². The zero-order valence-electron chi connectivity index (χ0n) is 9.90. The van der Waals surface area contributed by atoms with Crippen molar-refractivity contribution in [2.75, 3.05) is 23.5 Å². The summed E-state index contributed by atoms with van der Waals surface area (Å²) in [5, 5.41) is 0.578. The third kappa shape index (κ3) is 2.52. The summed E-state index contributed by atoms with van der Waals surface area (Å²) in [5.74, 6) is 4.92. The standard InChI is InChI=1S/C12H16ClN3S/c1-16(9-4-5-17-7-9)11-6-10(13)14-12(15-11)8-2-3-8/h6,8-9H,2-5,7H2,1H3/t9-/m1/s1. The summed E-state index contributed by atoms with van der Waals surface area (Å²) in [4.78, 5) is 11.3. The van der Waals surface area contributed by atoms with E-state index >= 15 is 0 Å². The maximum atomic E-state index is 6.09. The van der Waals surface area contributed by atoms with Crippen molar-refractivity contribution in [3.8, 4) is 0 Å². The van der Waals surface area contributed by atoms with Gasteiger partial charge in [0.1, 0.15) is 16.8 Å². The summed E-state index contributed by atoms with van der Waals surface area (Å²) in [6.07, 6.45) is 3.66. The Balaban J connectivity index is 1.85. The number of halogens is 1. The van der Waals surface area contributed by atoms with E-state index < -0.39 is 0 Å². The largest absolute Gasteiger partial charge is 0.356 e. The molecule has 92 valence electrons. The van der Waals surface area contributed by atoms with E-state index in [-0.39, 0.29) is 0 Å². The molecule has 1 saturated carbocycles. The van der Waals surface area contributed by atoms with Crippen molar-refractivity contribution in [3.63, 3.8) is 0 Å². The number of anilines is 1. The molecule has 1 aromatic rings. The Bertz CT molecular complexity index is 416. The molecule has 1 aromatic heterocycles. The van der Waals surface area contributed by atoms with Crippen molar-refractivity contribution < 1.29 is 0 Å². The van der Waals surface area contributed by atoms with Gasteiger partial charge < -0.3 is 4.90 Å². The second kappa shape index (κ2) is 4.65. The van der Waals surface area contributed by atoms with E-state index in [1.165, 1.54) is 30.8 Å². The summed E-state index contributed by atoms with van der Waals surface area (Å²) < 4.78 is 0. The molecule has 2 fully saturated rings. The molecule has 1 aliphatic carbocycles. The summed E-state index contributed by atoms with van der Waals surface area (Å²) in [6.45, 7) is 0. The lowest BCUT2D eigenvalue weighted by Crippen LogP contribution is -2.32. The number of rotatable bonds is 3. The summed E-state index contributed by atoms with van der Waals surface area (Å²) in [6, 6.07) is 2.48. The quantitative estimate of drug-likeness (QED) is 0.789. The van der Waals surface area contributed by atoms with E-state index in [0.717, 1.165) is 11.6 Å². The second-order valence-electron chi connectivity index (χ2n) is 4.81. The molecular formula is C12H16ClN3S. The molecule has 17 heavy (non-hydrogen) atoms. The van der Waals surface area contributed by atoms with Gasteiger partial charge in [-0.3, -0.25) is 0 Å². The summed E-state index contributed by atoms with van der Waals surface area (Å²) in [7, 11) is 2.12. The average Bonchev–Trinajstić information content (AvgIpc) is 3.03. The lowest BCUT2D eigenvalue weighted by molar-refractivity contribution is 0.687. The Morgan fingerprint density at radius 2 is 2.18 bits per heavy atom. The van der Waals surface area contributed by atoms with E-state index in [1.807, 2.05) is 17.8 Å². The van der Waals surface area contributed by atoms with E-state index in [2.05, 4.69) is 21.9 Å². The van der Waals surface area contributed by atoms with E-state index in [9.17, 15) is 0 Å². The molecule has 0 bridgehead atoms. The Labute approximate surface area is 111 Å². The molecule has 1 saturated heterocycles. The molecule has 0 amide bonds. The molecule has 0 N–H and O–H groups in total. The number of aromatic nitrogens is 2. The number of hydrogen-bond acceptors (Lipinski definition) is 4. The van der Waals surface area contributed by atoms with Crippen LogP contribution in [0.3, 0.4) is 0 Å². The normalized spacial score (nSPS) is 24.0. The Hall–Kier alpha value is -0.480. The average molecular weight is 270 g/mol. The highest BCUT2D eigenvalue weighted by Gasteiger charge is 2.28. The van der Waals surface area contributed by atoms with Crippen LogP contribution >= 0.6 is 23.4 Å². The van der Waals surface area contributed by atoms with Crippen LogP contribution in [0, 0.1) is 0 Å². The van der Waals surface area contributed by atoms with Gasteiger partial charge in [-0.1, -0.05) is 11.6 Å². The Morgan fingerprint density at radius 1 is 1.35 bits per heavy atom. The van der Waals surface area contributed by atoms with Crippen molar-refractivity contribution in [2.24, 2.45) is 0 Å². The molecule has 2 heterocycles. The van der Waals surface area contributed by atoms with Crippen molar-refractivity contribution >= 4 is 29.2 Å². The number of nitrogens with zero attached hydrogens (tertiary/aromatic N) is 3. The van der Waals surface area contributed by atoms with Crippen LogP contribution in [0.15, 0.2) is 6.07 Å². The fraction of sp³-hybridized carbons (Fsp3) is 0.667. The zero-order chi connectivity index (χ0) is 11.8. The van der Waals surface area contributed by atoms with Crippen LogP contribution in [0.1, 0.15) is 31.0 Å². The van der Waals surface area contributed by atoms with Crippen LogP contribution in [0.5, 0.6) is 0 Å². The first-order valence-corrected chi connectivity index (χ1v) is 7.62. The second-order valence-corrected chi connectivity index (χ2v) is 6.35. The van der Waals surface area contributed by atoms with Crippen molar-refractivity contribution in [1.82, 2.24) is 9.97 Å². The van der Waals surface area contributed by atoms with Crippen LogP contribution in [-0.4, -0.2) is 34.6 Å². The van der Waals surface area contributed by atoms with Gasteiger partial charge in [-0.2, -0.15) is 11.8 Å². The maximum absolute atomic E-state index is 6.09. The van der Waals surface area contributed by atoms with E-state index in [4.69, 9.17) is 11.6 Å². The minimum atomic E-state index is 0.554. The molecule has 5 heteroatoms. The van der Waals surface area contributed by atoms with Gasteiger partial charge in [0, 0.05) is 30.8 Å². The molecule has 0 spiro atoms. The van der Waals surface area contributed by atoms with E-state index in [0.29, 0.717) is 17.1 Å². The monoisotopic (exact) mass is 269 g/mol. The van der Waals surface area contributed by atoms with Crippen LogP contribution in [0.4, 0.5) is 5.82 Å². The van der Waals surface area contributed by atoms with Gasteiger partial charge in [0.05, 0.1) is 0 Å². The first kappa shape index (κ1) is 11.6. The van der Waals surface area contributed by atoms with Crippen LogP contribution in [-0.2, 0) is 0 Å². The predicted molar refractivity (Wildman–Crippen MR) is 73.2 cm³/mol. The molecule has 3 nitrogen and oxygen atoms in total. The summed E-state index contributed by atoms with van der Waals surface area (Å²) >= 11 is 8.10. The van der Waals surface area contributed by atoms with Crippen LogP contribution < -0.4 is 4.90 Å². The molecule has 2 aliphatic rings. The third-order valence-electron chi connectivity index (χ3n) is 3.46. The molecule has 0 radical (unpaired) electrons. The number of hydrogen-bond donors (Lipinski definition) is 0. The lowest BCUT2D eigenvalue weighted by atomic mass is 10.2. The molecule has 1 atom stereocenters. The highest BCUT2D eigenvalue weighted by Crippen LogP contribution is 2.39. The van der Waals surface area contributed by atoms with Gasteiger partial charge in [-0.25, -0.2) is 9.97 Å². The van der Waals surface area contributed by atoms with Gasteiger partial charge in [0.25, 0.3) is 0 Å². The Morgan fingerprint density at radius 3 is 2.82 bits per heavy atom. The lowest BCUT2D eigenvalue weighted by Gasteiger charge is -2.25. The van der Waals surface area contributed by atoms with E-state index in [1.54, 1.807) is 0 Å². The smallest absolute Gasteiger partial charge is 0.135 e. The molecular weight excluding hydrogens is 254 g/mol. The highest BCUT2D eigenvalue weighted by atomic mass is 35.5. The van der Waals surface area contributed by atoms with Gasteiger partial charge in [-0.05, 0) is 25.0 Å². The topological polar surface area (TPSA) is 29.0 Å². The highest BCUT2D eigenvalue weighted by molar-refractivity contribution is 7.99. The maximum Gasteiger partial charge on any atom is 0.135 e. The van der Waals surface area contributed by atoms with Crippen molar-refractivity contribution in [3.05, 3.63) is 17.0 Å². The third-order valence-corrected chi connectivity index (χ3v) is 4.79. The summed E-state index contributed by atoms with van der Waals surface area (Å²) in [5.41, 5.74) is 0. The Kier molecular flexibility index (Phi) is 3.17. The van der Waals surface area contributed by atoms with Crippen molar-refractivity contribution in [1.29, 1.82) is 0 Å². The van der Waals surface area contributed by atoms with Gasteiger partial charge in [0.2, 0.25) is 0 Å². The minimum absolute atomic E-state index is 0.554. The first-order valence-electron chi connectivity index (χ1n) is 6.09. The first-order chi connectivity index (χ1) is 8.24. The van der Waals surface area contributed by atoms with Gasteiger partial charge >= 0.3 is 0 Å². The molecule has 0 unspecified atom stereocenters. The molecule has 0 aromatic carbocycles. The fourth-order valence-electron chi connectivity index (χ4n) is 2.14.